The Labute approximate surface area is 67.2 Å². The van der Waals surface area contributed by atoms with E-state index < -0.39 is 0 Å². The van der Waals surface area contributed by atoms with E-state index in [4.69, 9.17) is 0 Å². The van der Waals surface area contributed by atoms with Crippen LogP contribution < -0.4 is 0 Å². The van der Waals surface area contributed by atoms with Gasteiger partial charge in [0.25, 0.3) is 0 Å². The zero-order valence-corrected chi connectivity index (χ0v) is 7.74. The van der Waals surface area contributed by atoms with Gasteiger partial charge in [-0.15, -0.1) is 0 Å². The number of thioether (sulfide) groups is 1. The van der Waals surface area contributed by atoms with Crippen LogP contribution in [0.1, 0.15) is 26.7 Å². The van der Waals surface area contributed by atoms with Gasteiger partial charge in [0.1, 0.15) is 0 Å². The molecule has 0 bridgehead atoms. The molecule has 1 fully saturated rings. The van der Waals surface area contributed by atoms with Gasteiger partial charge in [-0.2, -0.15) is 11.8 Å². The molecule has 0 radical (unpaired) electrons. The van der Waals surface area contributed by atoms with Crippen molar-refractivity contribution in [3.05, 3.63) is 0 Å². The van der Waals surface area contributed by atoms with E-state index in [2.05, 4.69) is 20.1 Å². The third-order valence-corrected chi connectivity index (χ3v) is 3.78. The highest BCUT2D eigenvalue weighted by molar-refractivity contribution is 8.00. The van der Waals surface area contributed by atoms with Crippen molar-refractivity contribution in [2.24, 2.45) is 5.92 Å². The summed E-state index contributed by atoms with van der Waals surface area (Å²) in [5.74, 6) is 0.412. The summed E-state index contributed by atoms with van der Waals surface area (Å²) in [6.07, 6.45) is 4.40. The Bertz CT molecular complexity index is 118. The molecule has 60 valence electrons. The van der Waals surface area contributed by atoms with Crippen LogP contribution in [0.4, 0.5) is 0 Å². The molecular formula is C8H16OS. The molecule has 0 saturated heterocycles. The molecule has 0 aliphatic heterocycles. The summed E-state index contributed by atoms with van der Waals surface area (Å²) in [4.78, 5) is 0. The van der Waals surface area contributed by atoms with Crippen LogP contribution in [0.5, 0.6) is 0 Å². The molecule has 0 heterocycles. The first-order valence-corrected chi connectivity index (χ1v) is 5.08. The smallest absolute Gasteiger partial charge is 0.0709 e. The van der Waals surface area contributed by atoms with Crippen LogP contribution >= 0.6 is 11.8 Å². The summed E-state index contributed by atoms with van der Waals surface area (Å²) >= 11 is 1.82. The second kappa shape index (κ2) is 2.74. The monoisotopic (exact) mass is 160 g/mol. The van der Waals surface area contributed by atoms with Crippen LogP contribution in [-0.2, 0) is 0 Å². The third kappa shape index (κ3) is 1.32. The highest BCUT2D eigenvalue weighted by Gasteiger charge is 2.49. The van der Waals surface area contributed by atoms with Crippen molar-refractivity contribution in [2.75, 3.05) is 6.26 Å². The molecule has 1 nitrogen and oxygen atoms in total. The molecular weight excluding hydrogens is 144 g/mol. The maximum atomic E-state index is 9.70. The summed E-state index contributed by atoms with van der Waals surface area (Å²) in [6, 6.07) is 0. The first kappa shape index (κ1) is 8.41. The Morgan fingerprint density at radius 3 is 2.00 bits per heavy atom. The summed E-state index contributed by atoms with van der Waals surface area (Å²) in [5, 5.41) is 9.70. The zero-order valence-electron chi connectivity index (χ0n) is 6.92. The van der Waals surface area contributed by atoms with E-state index >= 15 is 0 Å². The van der Waals surface area contributed by atoms with E-state index in [1.807, 2.05) is 11.8 Å². The fraction of sp³-hybridized carbons (Fsp3) is 1.00. The second-order valence-corrected chi connectivity index (χ2v) is 4.68. The molecule has 1 N–H and O–H groups in total. The molecule has 1 rings (SSSR count). The maximum Gasteiger partial charge on any atom is 0.0709 e. The van der Waals surface area contributed by atoms with E-state index in [1.165, 1.54) is 12.8 Å². The zero-order chi connectivity index (χ0) is 7.78. The van der Waals surface area contributed by atoms with Gasteiger partial charge in [0, 0.05) is 4.75 Å². The lowest BCUT2D eigenvalue weighted by atomic mass is 10.0. The van der Waals surface area contributed by atoms with Gasteiger partial charge in [-0.3, -0.25) is 0 Å². The van der Waals surface area contributed by atoms with Crippen LogP contribution in [0.25, 0.3) is 0 Å². The van der Waals surface area contributed by atoms with Crippen molar-refractivity contribution in [1.29, 1.82) is 0 Å². The summed E-state index contributed by atoms with van der Waals surface area (Å²) in [5.41, 5.74) is 0. The molecule has 0 aromatic heterocycles. The molecule has 1 atom stereocenters. The van der Waals surface area contributed by atoms with Gasteiger partial charge < -0.3 is 5.11 Å². The normalized spacial score (nSPS) is 24.9. The largest absolute Gasteiger partial charge is 0.391 e. The van der Waals surface area contributed by atoms with Crippen molar-refractivity contribution in [3.8, 4) is 0 Å². The summed E-state index contributed by atoms with van der Waals surface area (Å²) in [7, 11) is 0. The van der Waals surface area contributed by atoms with Crippen molar-refractivity contribution < 1.29 is 5.11 Å². The number of aliphatic hydroxyl groups excluding tert-OH is 1. The standard InChI is InChI=1S/C8H16OS/c1-6(2)7(9)8(10-3)4-5-8/h6-7,9H,4-5H2,1-3H3. The number of rotatable bonds is 3. The minimum absolute atomic E-state index is 0.0949. The van der Waals surface area contributed by atoms with Gasteiger partial charge in [-0.1, -0.05) is 13.8 Å². The molecule has 1 aliphatic carbocycles. The lowest BCUT2D eigenvalue weighted by molar-refractivity contribution is 0.116. The lowest BCUT2D eigenvalue weighted by Gasteiger charge is -2.23. The molecule has 0 amide bonds. The van der Waals surface area contributed by atoms with Gasteiger partial charge in [-0.05, 0) is 25.0 Å². The lowest BCUT2D eigenvalue weighted by Crippen LogP contribution is -2.29. The number of hydrogen-bond acceptors (Lipinski definition) is 2. The average molecular weight is 160 g/mol. The average Bonchev–Trinajstić information content (AvgIpc) is 2.66. The van der Waals surface area contributed by atoms with Crippen LogP contribution in [0.2, 0.25) is 0 Å². The first-order chi connectivity index (χ1) is 4.62. The van der Waals surface area contributed by atoms with E-state index in [1.54, 1.807) is 0 Å². The van der Waals surface area contributed by atoms with Crippen molar-refractivity contribution in [2.45, 2.75) is 37.5 Å². The van der Waals surface area contributed by atoms with Crippen LogP contribution in [0.3, 0.4) is 0 Å². The Balaban J connectivity index is 2.47. The molecule has 1 aliphatic rings. The highest BCUT2D eigenvalue weighted by Crippen LogP contribution is 2.51. The quantitative estimate of drug-likeness (QED) is 0.680. The predicted octanol–water partition coefficient (Wildman–Crippen LogP) is 1.90. The van der Waals surface area contributed by atoms with Crippen molar-refractivity contribution in [1.82, 2.24) is 0 Å². The second-order valence-electron chi connectivity index (χ2n) is 3.46. The molecule has 0 aromatic carbocycles. The topological polar surface area (TPSA) is 20.2 Å². The van der Waals surface area contributed by atoms with E-state index in [-0.39, 0.29) is 10.9 Å². The molecule has 2 heteroatoms. The number of hydrogen-bond donors (Lipinski definition) is 1. The Morgan fingerprint density at radius 2 is 1.90 bits per heavy atom. The fourth-order valence-corrected chi connectivity index (χ4v) is 2.38. The van der Waals surface area contributed by atoms with Gasteiger partial charge in [0.05, 0.1) is 6.10 Å². The van der Waals surface area contributed by atoms with Crippen molar-refractivity contribution >= 4 is 11.8 Å². The van der Waals surface area contributed by atoms with Gasteiger partial charge in [0.2, 0.25) is 0 Å². The molecule has 10 heavy (non-hydrogen) atoms. The van der Waals surface area contributed by atoms with Gasteiger partial charge in [0.15, 0.2) is 0 Å². The number of aliphatic hydroxyl groups is 1. The highest BCUT2D eigenvalue weighted by atomic mass is 32.2. The Morgan fingerprint density at radius 1 is 1.40 bits per heavy atom. The van der Waals surface area contributed by atoms with E-state index in [0.717, 1.165) is 0 Å². The fourth-order valence-electron chi connectivity index (χ4n) is 1.35. The molecule has 0 aromatic rings. The minimum Gasteiger partial charge on any atom is -0.391 e. The molecule has 1 unspecified atom stereocenters. The van der Waals surface area contributed by atoms with E-state index in [0.29, 0.717) is 5.92 Å². The van der Waals surface area contributed by atoms with Crippen LogP contribution in [-0.4, -0.2) is 22.2 Å². The Hall–Kier alpha value is 0.310. The first-order valence-electron chi connectivity index (χ1n) is 3.85. The van der Waals surface area contributed by atoms with Crippen LogP contribution in [0.15, 0.2) is 0 Å². The van der Waals surface area contributed by atoms with Gasteiger partial charge >= 0.3 is 0 Å². The summed E-state index contributed by atoms with van der Waals surface area (Å²) < 4.78 is 0.244. The van der Waals surface area contributed by atoms with Crippen LogP contribution in [0, 0.1) is 5.92 Å². The van der Waals surface area contributed by atoms with Crippen molar-refractivity contribution in [3.63, 3.8) is 0 Å². The van der Waals surface area contributed by atoms with Gasteiger partial charge in [-0.25, -0.2) is 0 Å². The molecule has 1 saturated carbocycles. The minimum atomic E-state index is -0.0949. The Kier molecular flexibility index (Phi) is 2.31. The SMILES string of the molecule is CSC1(C(O)C(C)C)CC1. The summed E-state index contributed by atoms with van der Waals surface area (Å²) in [6.45, 7) is 4.17. The third-order valence-electron chi connectivity index (χ3n) is 2.32. The predicted molar refractivity (Wildman–Crippen MR) is 46.3 cm³/mol. The van der Waals surface area contributed by atoms with E-state index in [9.17, 15) is 5.11 Å². The molecule has 0 spiro atoms. The maximum absolute atomic E-state index is 9.70.